The van der Waals surface area contributed by atoms with Gasteiger partial charge in [0, 0.05) is 18.5 Å². The zero-order valence-electron chi connectivity index (χ0n) is 18.7. The van der Waals surface area contributed by atoms with Crippen LogP contribution >= 0.6 is 0 Å². The number of Topliss-reactive ketones (excluding diaryl/α,β-unsaturated/α-hetero) is 1. The smallest absolute Gasteiger partial charge is 0.295 e. The first-order valence-electron chi connectivity index (χ1n) is 11.3. The summed E-state index contributed by atoms with van der Waals surface area (Å²) < 4.78 is 19.4. The molecule has 5 nitrogen and oxygen atoms in total. The van der Waals surface area contributed by atoms with Gasteiger partial charge >= 0.3 is 0 Å². The number of fused-ring (bicyclic) bond motifs is 1. The number of benzene rings is 3. The van der Waals surface area contributed by atoms with Crippen LogP contribution < -0.4 is 4.74 Å². The molecular weight excluding hydrogens is 433 g/mol. The lowest BCUT2D eigenvalue weighted by Gasteiger charge is -2.25. The number of aliphatic hydroxyl groups excluding tert-OH is 1. The Hall–Kier alpha value is -3.93. The molecule has 3 aromatic carbocycles. The summed E-state index contributed by atoms with van der Waals surface area (Å²) in [6, 6.07) is 19.8. The van der Waals surface area contributed by atoms with Crippen LogP contribution in [0.1, 0.15) is 35.2 Å². The quantitative estimate of drug-likeness (QED) is 0.339. The predicted molar refractivity (Wildman–Crippen MR) is 126 cm³/mol. The average molecular weight is 458 g/mol. The van der Waals surface area contributed by atoms with E-state index in [-0.39, 0.29) is 24.0 Å². The number of halogens is 1. The van der Waals surface area contributed by atoms with Gasteiger partial charge in [0.25, 0.3) is 11.7 Å². The largest absolute Gasteiger partial charge is 0.507 e. The van der Waals surface area contributed by atoms with Crippen molar-refractivity contribution in [3.8, 4) is 5.75 Å². The van der Waals surface area contributed by atoms with Crippen molar-refractivity contribution in [1.82, 2.24) is 4.90 Å². The first kappa shape index (κ1) is 21.9. The van der Waals surface area contributed by atoms with E-state index in [0.717, 1.165) is 16.9 Å². The second kappa shape index (κ2) is 8.78. The normalized spacial score (nSPS) is 20.9. The third kappa shape index (κ3) is 3.96. The van der Waals surface area contributed by atoms with Crippen LogP contribution in [0.5, 0.6) is 5.75 Å². The molecule has 2 heterocycles. The first-order chi connectivity index (χ1) is 16.4. The zero-order chi connectivity index (χ0) is 23.8. The molecule has 1 fully saturated rings. The number of ketones is 1. The Morgan fingerprint density at radius 1 is 1.06 bits per heavy atom. The Labute approximate surface area is 197 Å². The fraction of sp³-hybridized carbons (Fsp3) is 0.214. The van der Waals surface area contributed by atoms with Gasteiger partial charge in [-0.2, -0.15) is 0 Å². The summed E-state index contributed by atoms with van der Waals surface area (Å²) in [5.74, 6) is -1.33. The third-order valence-electron chi connectivity index (χ3n) is 6.38. The second-order valence-electron chi connectivity index (χ2n) is 8.73. The lowest BCUT2D eigenvalue weighted by Crippen LogP contribution is -2.31. The van der Waals surface area contributed by atoms with Crippen LogP contribution in [0.25, 0.3) is 5.76 Å². The number of amides is 1. The number of aliphatic hydroxyl groups is 1. The summed E-state index contributed by atoms with van der Waals surface area (Å²) in [6.45, 7) is 2.25. The molecule has 5 rings (SSSR count). The molecule has 1 N–H and O–H groups in total. The highest BCUT2D eigenvalue weighted by molar-refractivity contribution is 6.46. The van der Waals surface area contributed by atoms with Crippen LogP contribution in [0.2, 0.25) is 0 Å². The van der Waals surface area contributed by atoms with Gasteiger partial charge in [-0.05, 0) is 60.4 Å². The zero-order valence-corrected chi connectivity index (χ0v) is 18.7. The van der Waals surface area contributed by atoms with Gasteiger partial charge in [0.1, 0.15) is 23.4 Å². The van der Waals surface area contributed by atoms with Gasteiger partial charge in [-0.1, -0.05) is 42.5 Å². The van der Waals surface area contributed by atoms with E-state index < -0.39 is 23.5 Å². The maximum absolute atomic E-state index is 13.7. The Morgan fingerprint density at radius 3 is 2.53 bits per heavy atom. The van der Waals surface area contributed by atoms with Crippen molar-refractivity contribution >= 4 is 17.4 Å². The molecule has 0 spiro atoms. The number of ether oxygens (including phenoxy) is 1. The van der Waals surface area contributed by atoms with E-state index in [9.17, 15) is 19.1 Å². The molecule has 1 saturated heterocycles. The van der Waals surface area contributed by atoms with Crippen LogP contribution in [0.3, 0.4) is 0 Å². The Bertz CT molecular complexity index is 1280. The van der Waals surface area contributed by atoms with Crippen molar-refractivity contribution in [2.45, 2.75) is 31.9 Å². The molecule has 3 aromatic rings. The maximum atomic E-state index is 13.7. The van der Waals surface area contributed by atoms with Gasteiger partial charge in [0.15, 0.2) is 0 Å². The summed E-state index contributed by atoms with van der Waals surface area (Å²) in [5.41, 5.74) is 2.98. The highest BCUT2D eigenvalue weighted by atomic mass is 19.1. The van der Waals surface area contributed by atoms with Crippen molar-refractivity contribution in [3.05, 3.63) is 106 Å². The number of rotatable bonds is 5. The van der Waals surface area contributed by atoms with E-state index in [1.165, 1.54) is 17.0 Å². The highest BCUT2D eigenvalue weighted by Crippen LogP contribution is 2.40. The third-order valence-corrected chi connectivity index (χ3v) is 6.38. The number of nitrogens with zero attached hydrogens (tertiary/aromatic N) is 1. The molecule has 0 unspecified atom stereocenters. The van der Waals surface area contributed by atoms with E-state index in [2.05, 4.69) is 0 Å². The van der Waals surface area contributed by atoms with E-state index in [0.29, 0.717) is 24.0 Å². The summed E-state index contributed by atoms with van der Waals surface area (Å²) in [6.07, 6.45) is 1.28. The standard InChI is InChI=1S/C28H24FNO4/c1-17-15-21-16-20(9-12-23(21)34-17)26(31)24-25(19-7-10-22(29)11-8-19)30(28(33)27(24)32)14-13-18-5-3-2-4-6-18/h2-12,16-17,25,31H,13-15H2,1H3/b26-24+/t17-,25+/m1/s1. The fourth-order valence-electron chi connectivity index (χ4n) is 4.72. The molecule has 1 amide bonds. The minimum atomic E-state index is -0.812. The molecule has 6 heteroatoms. The van der Waals surface area contributed by atoms with Gasteiger partial charge in [0.05, 0.1) is 11.6 Å². The molecule has 2 aliphatic heterocycles. The summed E-state index contributed by atoms with van der Waals surface area (Å²) in [7, 11) is 0. The lowest BCUT2D eigenvalue weighted by molar-refractivity contribution is -0.139. The average Bonchev–Trinajstić information content (AvgIpc) is 3.34. The number of likely N-dealkylation sites (tertiary alicyclic amines) is 1. The monoisotopic (exact) mass is 457 g/mol. The van der Waals surface area contributed by atoms with Gasteiger partial charge < -0.3 is 14.7 Å². The minimum absolute atomic E-state index is 0.0107. The first-order valence-corrected chi connectivity index (χ1v) is 11.3. The van der Waals surface area contributed by atoms with Gasteiger partial charge in [-0.25, -0.2) is 4.39 Å². The molecular formula is C28H24FNO4. The maximum Gasteiger partial charge on any atom is 0.295 e. The van der Waals surface area contributed by atoms with Crippen LogP contribution in [0, 0.1) is 5.82 Å². The van der Waals surface area contributed by atoms with Crippen LogP contribution in [0.4, 0.5) is 4.39 Å². The highest BCUT2D eigenvalue weighted by Gasteiger charge is 2.45. The molecule has 0 bridgehead atoms. The number of carbonyl (C=O) groups is 2. The van der Waals surface area contributed by atoms with Gasteiger partial charge in [-0.15, -0.1) is 0 Å². The molecule has 0 saturated carbocycles. The Kier molecular flexibility index (Phi) is 5.65. The molecule has 0 aromatic heterocycles. The summed E-state index contributed by atoms with van der Waals surface area (Å²) in [4.78, 5) is 27.7. The number of hydrogen-bond acceptors (Lipinski definition) is 4. The van der Waals surface area contributed by atoms with Crippen molar-refractivity contribution in [2.75, 3.05) is 6.54 Å². The van der Waals surface area contributed by atoms with Crippen LogP contribution in [0.15, 0.2) is 78.4 Å². The molecule has 2 aliphatic rings. The molecule has 2 atom stereocenters. The predicted octanol–water partition coefficient (Wildman–Crippen LogP) is 4.81. The van der Waals surface area contributed by atoms with Crippen molar-refractivity contribution in [3.63, 3.8) is 0 Å². The van der Waals surface area contributed by atoms with Gasteiger partial charge in [0.2, 0.25) is 0 Å². The van der Waals surface area contributed by atoms with E-state index in [4.69, 9.17) is 4.74 Å². The lowest BCUT2D eigenvalue weighted by atomic mass is 9.94. The molecule has 172 valence electrons. The summed E-state index contributed by atoms with van der Waals surface area (Å²) in [5, 5.41) is 11.3. The number of hydrogen-bond donors (Lipinski definition) is 1. The van der Waals surface area contributed by atoms with Crippen molar-refractivity contribution in [2.24, 2.45) is 0 Å². The molecule has 34 heavy (non-hydrogen) atoms. The second-order valence-corrected chi connectivity index (χ2v) is 8.73. The van der Waals surface area contributed by atoms with Crippen molar-refractivity contribution in [1.29, 1.82) is 0 Å². The Balaban J connectivity index is 1.57. The SMILES string of the molecule is C[C@@H]1Cc2cc(/C(O)=C3\C(=O)C(=O)N(CCc4ccccc4)[C@H]3c3ccc(F)cc3)ccc2O1. The van der Waals surface area contributed by atoms with Crippen LogP contribution in [-0.4, -0.2) is 34.3 Å². The van der Waals surface area contributed by atoms with Crippen molar-refractivity contribution < 1.29 is 23.8 Å². The topological polar surface area (TPSA) is 66.8 Å². The van der Waals surface area contributed by atoms with Gasteiger partial charge in [-0.3, -0.25) is 9.59 Å². The number of carbonyl (C=O) groups excluding carboxylic acids is 2. The van der Waals surface area contributed by atoms with E-state index >= 15 is 0 Å². The Morgan fingerprint density at radius 2 is 1.79 bits per heavy atom. The van der Waals surface area contributed by atoms with Crippen LogP contribution in [-0.2, 0) is 22.4 Å². The summed E-state index contributed by atoms with van der Waals surface area (Å²) >= 11 is 0. The molecule has 0 aliphatic carbocycles. The minimum Gasteiger partial charge on any atom is -0.507 e. The van der Waals surface area contributed by atoms with E-state index in [1.807, 2.05) is 37.3 Å². The van der Waals surface area contributed by atoms with E-state index in [1.54, 1.807) is 30.3 Å². The molecule has 0 radical (unpaired) electrons. The fourth-order valence-corrected chi connectivity index (χ4v) is 4.72.